The highest BCUT2D eigenvalue weighted by molar-refractivity contribution is 7.89. The molecule has 2 rings (SSSR count). The lowest BCUT2D eigenvalue weighted by Crippen LogP contribution is -2.37. The van der Waals surface area contributed by atoms with Crippen LogP contribution in [-0.2, 0) is 10.0 Å². The number of pyridine rings is 1. The van der Waals surface area contributed by atoms with Crippen LogP contribution in [0.5, 0.6) is 0 Å². The third-order valence-electron chi connectivity index (χ3n) is 3.09. The molecule has 1 aromatic heterocycles. The van der Waals surface area contributed by atoms with E-state index in [-0.39, 0.29) is 17.2 Å². The van der Waals surface area contributed by atoms with Gasteiger partial charge >= 0.3 is 5.97 Å². The summed E-state index contributed by atoms with van der Waals surface area (Å²) in [6, 6.07) is 1.95. The average molecular weight is 286 g/mol. The molecule has 8 heteroatoms. The summed E-state index contributed by atoms with van der Waals surface area (Å²) in [4.78, 5) is 14.4. The monoisotopic (exact) mass is 286 g/mol. The number of nitrogens with zero attached hydrogens (tertiary/aromatic N) is 2. The van der Waals surface area contributed by atoms with Gasteiger partial charge in [0, 0.05) is 18.8 Å². The first kappa shape index (κ1) is 13.9. The Balaban J connectivity index is 2.31. The summed E-state index contributed by atoms with van der Waals surface area (Å²) in [5, 5.41) is 17.7. The van der Waals surface area contributed by atoms with Gasteiger partial charge in [-0.05, 0) is 25.0 Å². The molecule has 0 aromatic carbocycles. The first-order chi connectivity index (χ1) is 8.96. The van der Waals surface area contributed by atoms with E-state index < -0.39 is 22.0 Å². The largest absolute Gasteiger partial charge is 0.478 e. The molecular weight excluding hydrogens is 272 g/mol. The Bertz CT molecular complexity index is 569. The molecule has 0 amide bonds. The van der Waals surface area contributed by atoms with Gasteiger partial charge < -0.3 is 10.2 Å². The van der Waals surface area contributed by atoms with E-state index in [1.54, 1.807) is 0 Å². The van der Waals surface area contributed by atoms with Crippen LogP contribution in [0.3, 0.4) is 0 Å². The minimum Gasteiger partial charge on any atom is -0.478 e. The normalized spacial score (nSPS) is 20.6. The Morgan fingerprint density at radius 2 is 2.21 bits per heavy atom. The van der Waals surface area contributed by atoms with Gasteiger partial charge in [-0.1, -0.05) is 0 Å². The van der Waals surface area contributed by atoms with Gasteiger partial charge in [-0.2, -0.15) is 4.31 Å². The fourth-order valence-corrected chi connectivity index (χ4v) is 3.69. The van der Waals surface area contributed by atoms with Crippen LogP contribution in [0, 0.1) is 0 Å². The van der Waals surface area contributed by atoms with Crippen molar-refractivity contribution in [3.63, 3.8) is 0 Å². The van der Waals surface area contributed by atoms with Gasteiger partial charge in [0.25, 0.3) is 10.0 Å². The minimum absolute atomic E-state index is 0.0703. The number of aromatic carboxylic acids is 1. The highest BCUT2D eigenvalue weighted by atomic mass is 32.2. The molecule has 0 unspecified atom stereocenters. The molecule has 0 bridgehead atoms. The summed E-state index contributed by atoms with van der Waals surface area (Å²) >= 11 is 0. The molecule has 1 aromatic rings. The predicted molar refractivity (Wildman–Crippen MR) is 65.2 cm³/mol. The van der Waals surface area contributed by atoms with E-state index in [1.165, 1.54) is 16.4 Å². The Labute approximate surface area is 110 Å². The second-order valence-corrected chi connectivity index (χ2v) is 6.12. The van der Waals surface area contributed by atoms with Crippen LogP contribution in [0.15, 0.2) is 23.4 Å². The molecule has 1 saturated heterocycles. The number of sulfonamides is 1. The van der Waals surface area contributed by atoms with Gasteiger partial charge in [-0.25, -0.2) is 18.2 Å². The van der Waals surface area contributed by atoms with Crippen molar-refractivity contribution in [3.8, 4) is 0 Å². The molecule has 0 radical (unpaired) electrons. The van der Waals surface area contributed by atoms with Gasteiger partial charge in [0.15, 0.2) is 5.03 Å². The van der Waals surface area contributed by atoms with E-state index in [0.29, 0.717) is 19.4 Å². The van der Waals surface area contributed by atoms with E-state index in [0.717, 1.165) is 6.20 Å². The van der Waals surface area contributed by atoms with Crippen LogP contribution in [0.1, 0.15) is 23.2 Å². The van der Waals surface area contributed by atoms with Crippen molar-refractivity contribution in [3.05, 3.63) is 23.9 Å². The van der Waals surface area contributed by atoms with Gasteiger partial charge in [0.1, 0.15) is 0 Å². The molecule has 0 aliphatic carbocycles. The molecule has 1 aliphatic heterocycles. The maximum absolute atomic E-state index is 12.3. The Morgan fingerprint density at radius 3 is 2.74 bits per heavy atom. The van der Waals surface area contributed by atoms with Crippen LogP contribution in [0.4, 0.5) is 0 Å². The summed E-state index contributed by atoms with van der Waals surface area (Å²) in [6.07, 6.45) is 2.32. The van der Waals surface area contributed by atoms with Gasteiger partial charge in [-0.3, -0.25) is 0 Å². The number of aliphatic hydroxyl groups excluding tert-OH is 1. The van der Waals surface area contributed by atoms with Crippen LogP contribution >= 0.6 is 0 Å². The summed E-state index contributed by atoms with van der Waals surface area (Å²) < 4.78 is 25.8. The van der Waals surface area contributed by atoms with E-state index in [9.17, 15) is 13.2 Å². The van der Waals surface area contributed by atoms with Crippen molar-refractivity contribution in [2.45, 2.75) is 23.9 Å². The predicted octanol–water partition coefficient (Wildman–Crippen LogP) is -0.0748. The van der Waals surface area contributed by atoms with Crippen LogP contribution in [0.2, 0.25) is 0 Å². The van der Waals surface area contributed by atoms with Gasteiger partial charge in [0.05, 0.1) is 12.2 Å². The number of aromatic nitrogens is 1. The zero-order valence-electron chi connectivity index (χ0n) is 10.1. The lowest BCUT2D eigenvalue weighted by atomic mass is 10.2. The van der Waals surface area contributed by atoms with Crippen LogP contribution in [-0.4, -0.2) is 53.1 Å². The second-order valence-electron chi connectivity index (χ2n) is 4.28. The molecule has 1 atom stereocenters. The standard InChI is InChI=1S/C11H14N2O5S/c14-7-9-2-1-5-13(9)19(17,18)10-4-3-8(6-12-10)11(15)16/h3-4,6,9,14H,1-2,5,7H2,(H,15,16)/t9-/m0/s1. The molecule has 19 heavy (non-hydrogen) atoms. The summed E-state index contributed by atoms with van der Waals surface area (Å²) in [5.74, 6) is -1.16. The van der Waals surface area contributed by atoms with Crippen molar-refractivity contribution >= 4 is 16.0 Å². The van der Waals surface area contributed by atoms with Crippen LogP contribution < -0.4 is 0 Å². The second kappa shape index (κ2) is 5.24. The quantitative estimate of drug-likeness (QED) is 0.802. The third-order valence-corrected chi connectivity index (χ3v) is 4.96. The number of carboxylic acids is 1. The Kier molecular flexibility index (Phi) is 3.83. The average Bonchev–Trinajstić information content (AvgIpc) is 2.87. The lowest BCUT2D eigenvalue weighted by Gasteiger charge is -2.21. The Hall–Kier alpha value is -1.51. The van der Waals surface area contributed by atoms with Crippen molar-refractivity contribution in [1.29, 1.82) is 0 Å². The van der Waals surface area contributed by atoms with E-state index in [2.05, 4.69) is 4.98 Å². The third kappa shape index (κ3) is 2.60. The Morgan fingerprint density at radius 1 is 1.47 bits per heavy atom. The smallest absolute Gasteiger partial charge is 0.337 e. The van der Waals surface area contributed by atoms with Gasteiger partial charge in [0.2, 0.25) is 0 Å². The fourth-order valence-electron chi connectivity index (χ4n) is 2.09. The maximum atomic E-state index is 12.3. The van der Waals surface area contributed by atoms with Crippen molar-refractivity contribution in [1.82, 2.24) is 9.29 Å². The van der Waals surface area contributed by atoms with Gasteiger partial charge in [-0.15, -0.1) is 0 Å². The molecule has 1 fully saturated rings. The molecule has 2 heterocycles. The number of carbonyl (C=O) groups is 1. The van der Waals surface area contributed by atoms with E-state index >= 15 is 0 Å². The van der Waals surface area contributed by atoms with Crippen molar-refractivity contribution in [2.75, 3.05) is 13.2 Å². The summed E-state index contributed by atoms with van der Waals surface area (Å²) in [6.45, 7) is 0.113. The molecule has 0 spiro atoms. The maximum Gasteiger partial charge on any atom is 0.337 e. The first-order valence-electron chi connectivity index (χ1n) is 5.79. The SMILES string of the molecule is O=C(O)c1ccc(S(=O)(=O)N2CCC[C@H]2CO)nc1. The first-order valence-corrected chi connectivity index (χ1v) is 7.23. The lowest BCUT2D eigenvalue weighted by molar-refractivity contribution is 0.0696. The number of aliphatic hydroxyl groups is 1. The molecule has 1 aliphatic rings. The summed E-state index contributed by atoms with van der Waals surface area (Å²) in [7, 11) is -3.77. The molecule has 0 saturated carbocycles. The molecule has 7 nitrogen and oxygen atoms in total. The topological polar surface area (TPSA) is 108 Å². The summed E-state index contributed by atoms with van der Waals surface area (Å²) in [5.41, 5.74) is -0.0703. The van der Waals surface area contributed by atoms with E-state index in [4.69, 9.17) is 10.2 Å². The zero-order chi connectivity index (χ0) is 14.0. The molecule has 2 N–H and O–H groups in total. The number of hydrogen-bond acceptors (Lipinski definition) is 5. The highest BCUT2D eigenvalue weighted by Gasteiger charge is 2.35. The number of carboxylic acid groups (broad SMARTS) is 1. The highest BCUT2D eigenvalue weighted by Crippen LogP contribution is 2.24. The molecular formula is C11H14N2O5S. The van der Waals surface area contributed by atoms with E-state index in [1.807, 2.05) is 0 Å². The van der Waals surface area contributed by atoms with Crippen molar-refractivity contribution in [2.24, 2.45) is 0 Å². The minimum atomic E-state index is -3.77. The zero-order valence-corrected chi connectivity index (χ0v) is 10.9. The number of rotatable bonds is 4. The van der Waals surface area contributed by atoms with Crippen LogP contribution in [0.25, 0.3) is 0 Å². The fraction of sp³-hybridized carbons (Fsp3) is 0.455. The van der Waals surface area contributed by atoms with Crippen molar-refractivity contribution < 1.29 is 23.4 Å². The molecule has 104 valence electrons. The number of hydrogen-bond donors (Lipinski definition) is 2.